The minimum Gasteiger partial charge on any atom is -0.370 e. The number of rotatable bonds is 5. The Morgan fingerprint density at radius 1 is 0.972 bits per heavy atom. The highest BCUT2D eigenvalue weighted by molar-refractivity contribution is 6.02. The molecule has 10 heteroatoms. The first-order chi connectivity index (χ1) is 17.5. The van der Waals surface area contributed by atoms with Gasteiger partial charge in [-0.15, -0.1) is 0 Å². The Bertz CT molecular complexity index is 1550. The molecule has 5 heterocycles. The second-order valence-electron chi connectivity index (χ2n) is 8.77. The van der Waals surface area contributed by atoms with Crippen molar-refractivity contribution in [2.75, 3.05) is 23.3 Å². The molecule has 1 aliphatic rings. The average molecular weight is 483 g/mol. The van der Waals surface area contributed by atoms with E-state index in [9.17, 15) is 9.18 Å². The number of halogens is 1. The number of pyridine rings is 1. The van der Waals surface area contributed by atoms with E-state index < -0.39 is 0 Å². The van der Waals surface area contributed by atoms with E-state index >= 15 is 0 Å². The minimum absolute atomic E-state index is 0.304. The first kappa shape index (κ1) is 21.9. The molecule has 0 radical (unpaired) electrons. The number of amides is 1. The fraction of sp³-hybridized carbons (Fsp3) is 0.192. The van der Waals surface area contributed by atoms with Crippen LogP contribution in [-0.2, 0) is 7.05 Å². The standard InChI is InChI=1S/C26H23FN8O/c1-33-15-20(25(32-33)17-4-6-18(27)7-5-17)21-10-11-24-29-23(16-35(24)31-21)30-26(36)22-9-8-19(14-28-22)34-12-2-3-13-34/h4-11,14-16H,2-3,12-13H2,1H3,(H,30,36). The lowest BCUT2D eigenvalue weighted by atomic mass is 10.1. The van der Waals surface area contributed by atoms with Gasteiger partial charge in [0.25, 0.3) is 5.91 Å². The van der Waals surface area contributed by atoms with Gasteiger partial charge in [-0.1, -0.05) is 0 Å². The van der Waals surface area contributed by atoms with E-state index in [4.69, 9.17) is 0 Å². The van der Waals surface area contributed by atoms with Crippen molar-refractivity contribution in [1.29, 1.82) is 0 Å². The normalized spacial score (nSPS) is 13.4. The Morgan fingerprint density at radius 3 is 2.53 bits per heavy atom. The second kappa shape index (κ2) is 8.88. The van der Waals surface area contributed by atoms with E-state index in [2.05, 4.69) is 30.4 Å². The van der Waals surface area contributed by atoms with Crippen molar-refractivity contribution in [2.45, 2.75) is 12.8 Å². The van der Waals surface area contributed by atoms with E-state index in [1.54, 1.807) is 39.8 Å². The zero-order valence-corrected chi connectivity index (χ0v) is 19.6. The number of aromatic nitrogens is 6. The maximum Gasteiger partial charge on any atom is 0.275 e. The summed E-state index contributed by atoms with van der Waals surface area (Å²) < 4.78 is 16.7. The van der Waals surface area contributed by atoms with Gasteiger partial charge < -0.3 is 10.2 Å². The molecule has 5 aromatic rings. The summed E-state index contributed by atoms with van der Waals surface area (Å²) in [6.07, 6.45) is 7.62. The quantitative estimate of drug-likeness (QED) is 0.404. The van der Waals surface area contributed by atoms with Crippen LogP contribution in [0.4, 0.5) is 15.9 Å². The molecule has 0 unspecified atom stereocenters. The summed E-state index contributed by atoms with van der Waals surface area (Å²) in [5, 5.41) is 12.0. The van der Waals surface area contributed by atoms with Crippen LogP contribution in [0.5, 0.6) is 0 Å². The van der Waals surface area contributed by atoms with Crippen LogP contribution in [0.1, 0.15) is 23.3 Å². The number of nitrogens with one attached hydrogen (secondary N) is 1. The highest BCUT2D eigenvalue weighted by atomic mass is 19.1. The number of fused-ring (bicyclic) bond motifs is 1. The number of benzene rings is 1. The molecule has 0 spiro atoms. The molecule has 36 heavy (non-hydrogen) atoms. The van der Waals surface area contributed by atoms with Crippen LogP contribution >= 0.6 is 0 Å². The Labute approximate surface area is 206 Å². The Hall–Kier alpha value is -4.60. The van der Waals surface area contributed by atoms with Gasteiger partial charge in [-0.25, -0.2) is 18.9 Å². The third-order valence-electron chi connectivity index (χ3n) is 6.24. The molecule has 0 bridgehead atoms. The summed E-state index contributed by atoms with van der Waals surface area (Å²) in [6.45, 7) is 2.04. The summed E-state index contributed by atoms with van der Waals surface area (Å²) >= 11 is 0. The molecule has 1 aliphatic heterocycles. The number of aryl methyl sites for hydroxylation is 1. The highest BCUT2D eigenvalue weighted by Crippen LogP contribution is 2.30. The Balaban J connectivity index is 1.24. The van der Waals surface area contributed by atoms with Crippen molar-refractivity contribution < 1.29 is 9.18 Å². The molecule has 1 aromatic carbocycles. The first-order valence-electron chi connectivity index (χ1n) is 11.7. The van der Waals surface area contributed by atoms with E-state index in [1.807, 2.05) is 31.4 Å². The lowest BCUT2D eigenvalue weighted by Crippen LogP contribution is -2.19. The van der Waals surface area contributed by atoms with Crippen molar-refractivity contribution in [3.05, 3.63) is 78.6 Å². The van der Waals surface area contributed by atoms with Gasteiger partial charge in [0.15, 0.2) is 11.5 Å². The van der Waals surface area contributed by atoms with Crippen molar-refractivity contribution in [2.24, 2.45) is 7.05 Å². The predicted molar refractivity (Wildman–Crippen MR) is 134 cm³/mol. The molecule has 0 atom stereocenters. The summed E-state index contributed by atoms with van der Waals surface area (Å²) in [5.74, 6) is -0.265. The van der Waals surface area contributed by atoms with Gasteiger partial charge in [0.1, 0.15) is 17.2 Å². The van der Waals surface area contributed by atoms with Gasteiger partial charge in [-0.05, 0) is 61.4 Å². The number of anilines is 2. The molecule has 1 N–H and O–H groups in total. The number of hydrogen-bond acceptors (Lipinski definition) is 6. The van der Waals surface area contributed by atoms with E-state index in [1.165, 1.54) is 25.0 Å². The number of carbonyl (C=O) groups is 1. The Morgan fingerprint density at radius 2 is 1.78 bits per heavy atom. The van der Waals surface area contributed by atoms with E-state index in [-0.39, 0.29) is 11.7 Å². The Kier molecular flexibility index (Phi) is 5.40. The minimum atomic E-state index is -0.336. The van der Waals surface area contributed by atoms with Crippen LogP contribution in [0, 0.1) is 5.82 Å². The van der Waals surface area contributed by atoms with Gasteiger partial charge in [0, 0.05) is 37.5 Å². The van der Waals surface area contributed by atoms with Crippen molar-refractivity contribution in [1.82, 2.24) is 29.4 Å². The molecule has 1 saturated heterocycles. The largest absolute Gasteiger partial charge is 0.370 e. The van der Waals surface area contributed by atoms with Gasteiger partial charge in [-0.2, -0.15) is 10.2 Å². The molecular weight excluding hydrogens is 459 g/mol. The van der Waals surface area contributed by atoms with Gasteiger partial charge >= 0.3 is 0 Å². The summed E-state index contributed by atoms with van der Waals surface area (Å²) in [6, 6.07) is 13.5. The van der Waals surface area contributed by atoms with Crippen LogP contribution in [0.3, 0.4) is 0 Å². The molecule has 0 saturated carbocycles. The second-order valence-corrected chi connectivity index (χ2v) is 8.77. The van der Waals surface area contributed by atoms with Crippen LogP contribution < -0.4 is 10.2 Å². The average Bonchev–Trinajstić information content (AvgIpc) is 3.64. The van der Waals surface area contributed by atoms with Gasteiger partial charge in [0.05, 0.1) is 23.8 Å². The fourth-order valence-electron chi connectivity index (χ4n) is 4.45. The number of nitrogens with zero attached hydrogens (tertiary/aromatic N) is 7. The number of imidazole rings is 1. The van der Waals surface area contributed by atoms with Crippen LogP contribution in [0.15, 0.2) is 67.1 Å². The van der Waals surface area contributed by atoms with Crippen LogP contribution in [0.25, 0.3) is 28.2 Å². The fourth-order valence-corrected chi connectivity index (χ4v) is 4.45. The molecule has 1 amide bonds. The van der Waals surface area contributed by atoms with Crippen LogP contribution in [-0.4, -0.2) is 48.4 Å². The lowest BCUT2D eigenvalue weighted by Gasteiger charge is -2.16. The smallest absolute Gasteiger partial charge is 0.275 e. The number of hydrogen-bond donors (Lipinski definition) is 1. The zero-order chi connectivity index (χ0) is 24.6. The molecular formula is C26H23FN8O. The summed E-state index contributed by atoms with van der Waals surface area (Å²) in [4.78, 5) is 23.8. The monoisotopic (exact) mass is 482 g/mol. The van der Waals surface area contributed by atoms with Crippen molar-refractivity contribution in [3.8, 4) is 22.5 Å². The van der Waals surface area contributed by atoms with Crippen molar-refractivity contribution in [3.63, 3.8) is 0 Å². The predicted octanol–water partition coefficient (Wildman–Crippen LogP) is 4.18. The zero-order valence-electron chi connectivity index (χ0n) is 19.6. The topological polar surface area (TPSA) is 93.2 Å². The maximum absolute atomic E-state index is 13.4. The molecule has 0 aliphatic carbocycles. The maximum atomic E-state index is 13.4. The summed E-state index contributed by atoms with van der Waals surface area (Å²) in [7, 11) is 1.83. The SMILES string of the molecule is Cn1cc(-c2ccc3nc(NC(=O)c4ccc(N5CCCC5)cn4)cn3n2)c(-c2ccc(F)cc2)n1. The first-order valence-corrected chi connectivity index (χ1v) is 11.7. The summed E-state index contributed by atoms with van der Waals surface area (Å²) in [5.41, 5.74) is 4.89. The lowest BCUT2D eigenvalue weighted by molar-refractivity contribution is 0.102. The highest BCUT2D eigenvalue weighted by Gasteiger charge is 2.17. The molecule has 180 valence electrons. The molecule has 4 aromatic heterocycles. The van der Waals surface area contributed by atoms with Crippen molar-refractivity contribution >= 4 is 23.1 Å². The molecule has 9 nitrogen and oxygen atoms in total. The molecule has 6 rings (SSSR count). The van der Waals surface area contributed by atoms with Gasteiger partial charge in [0.2, 0.25) is 0 Å². The van der Waals surface area contributed by atoms with E-state index in [0.717, 1.165) is 29.9 Å². The van der Waals surface area contributed by atoms with Gasteiger partial charge in [-0.3, -0.25) is 9.48 Å². The third-order valence-corrected chi connectivity index (χ3v) is 6.24. The molecule has 1 fully saturated rings. The van der Waals surface area contributed by atoms with E-state index in [0.29, 0.717) is 28.5 Å². The number of carbonyl (C=O) groups excluding carboxylic acids is 1. The van der Waals surface area contributed by atoms with Crippen LogP contribution in [0.2, 0.25) is 0 Å². The third kappa shape index (κ3) is 4.17.